The van der Waals surface area contributed by atoms with Gasteiger partial charge in [0.05, 0.1) is 27.3 Å². The van der Waals surface area contributed by atoms with E-state index in [-0.39, 0.29) is 5.92 Å². The van der Waals surface area contributed by atoms with Crippen LogP contribution in [0, 0.1) is 19.8 Å². The molecule has 0 bridgehead atoms. The lowest BCUT2D eigenvalue weighted by atomic mass is 9.86. The molecule has 0 aliphatic carbocycles. The Labute approximate surface area is 205 Å². The molecule has 4 heterocycles. The molecule has 0 aromatic carbocycles. The zero-order valence-corrected chi connectivity index (χ0v) is 21.6. The molecular formula is C25H36N6O2S. The van der Waals surface area contributed by atoms with E-state index in [1.807, 2.05) is 40.0 Å². The van der Waals surface area contributed by atoms with Crippen molar-refractivity contribution in [1.82, 2.24) is 19.9 Å². The Morgan fingerprint density at radius 2 is 1.94 bits per heavy atom. The van der Waals surface area contributed by atoms with Crippen LogP contribution in [0.1, 0.15) is 57.8 Å². The number of hydrogen-bond donors (Lipinski definition) is 3. The first kappa shape index (κ1) is 24.8. The van der Waals surface area contributed by atoms with E-state index < -0.39 is 5.60 Å². The average molecular weight is 485 g/mol. The predicted octanol–water partition coefficient (Wildman–Crippen LogP) is 4.96. The largest absolute Gasteiger partial charge is 0.390 e. The molecular weight excluding hydrogens is 448 g/mol. The van der Waals surface area contributed by atoms with Crippen LogP contribution in [0.4, 0.5) is 11.8 Å². The fourth-order valence-electron chi connectivity index (χ4n) is 4.56. The van der Waals surface area contributed by atoms with E-state index >= 15 is 0 Å². The molecule has 0 radical (unpaired) electrons. The summed E-state index contributed by atoms with van der Waals surface area (Å²) >= 11 is 1.63. The van der Waals surface area contributed by atoms with Crippen LogP contribution in [0.15, 0.2) is 12.3 Å². The summed E-state index contributed by atoms with van der Waals surface area (Å²) in [5.74, 6) is 1.60. The Balaban J connectivity index is 1.66. The Morgan fingerprint density at radius 3 is 2.62 bits per heavy atom. The summed E-state index contributed by atoms with van der Waals surface area (Å²) in [6.45, 7) is 12.1. The predicted molar refractivity (Wildman–Crippen MR) is 139 cm³/mol. The lowest BCUT2D eigenvalue weighted by Crippen LogP contribution is -2.32. The van der Waals surface area contributed by atoms with E-state index in [1.165, 1.54) is 0 Å². The fraction of sp³-hybridized carbons (Fsp3) is 0.600. The standard InChI is InChI=1S/C25H36N6O2S/c1-6-17(25(4,5)32)7-11-27-22-20(23-30-21-16(3)26-12-8-19(21)34-23)15(2)28-24(31-22)29-18-9-13-33-14-10-18/h8,12,17-18,32H,6-7,9-11,13-14H2,1-5H3,(H2,27,28,29,31). The van der Waals surface area contributed by atoms with Gasteiger partial charge in [0.15, 0.2) is 0 Å². The molecule has 3 aromatic rings. The van der Waals surface area contributed by atoms with E-state index in [4.69, 9.17) is 19.7 Å². The maximum absolute atomic E-state index is 10.5. The van der Waals surface area contributed by atoms with Gasteiger partial charge in [0.25, 0.3) is 0 Å². The number of ether oxygens (including phenoxy) is 1. The highest BCUT2D eigenvalue weighted by Gasteiger charge is 2.25. The summed E-state index contributed by atoms with van der Waals surface area (Å²) in [6.07, 6.45) is 5.47. The summed E-state index contributed by atoms with van der Waals surface area (Å²) in [5, 5.41) is 18.4. The molecule has 184 valence electrons. The van der Waals surface area contributed by atoms with Crippen LogP contribution < -0.4 is 10.6 Å². The van der Waals surface area contributed by atoms with Crippen molar-refractivity contribution in [2.45, 2.75) is 71.9 Å². The number of hydrogen-bond acceptors (Lipinski definition) is 9. The van der Waals surface area contributed by atoms with Gasteiger partial charge in [-0.3, -0.25) is 4.98 Å². The van der Waals surface area contributed by atoms with E-state index in [0.717, 1.165) is 76.9 Å². The van der Waals surface area contributed by atoms with Gasteiger partial charge >= 0.3 is 0 Å². The van der Waals surface area contributed by atoms with Gasteiger partial charge in [0.1, 0.15) is 16.3 Å². The molecule has 0 spiro atoms. The van der Waals surface area contributed by atoms with Gasteiger partial charge < -0.3 is 20.5 Å². The highest BCUT2D eigenvalue weighted by molar-refractivity contribution is 7.21. The topological polar surface area (TPSA) is 105 Å². The third-order valence-electron chi connectivity index (χ3n) is 6.63. The molecule has 1 aliphatic rings. The third kappa shape index (κ3) is 5.64. The number of fused-ring (bicyclic) bond motifs is 1. The van der Waals surface area contributed by atoms with Crippen molar-refractivity contribution >= 4 is 33.3 Å². The lowest BCUT2D eigenvalue weighted by Gasteiger charge is -2.28. The molecule has 1 aliphatic heterocycles. The van der Waals surface area contributed by atoms with Crippen molar-refractivity contribution in [3.05, 3.63) is 23.7 Å². The van der Waals surface area contributed by atoms with Crippen molar-refractivity contribution in [3.8, 4) is 10.6 Å². The number of pyridine rings is 1. The molecule has 1 saturated heterocycles. The summed E-state index contributed by atoms with van der Waals surface area (Å²) in [6, 6.07) is 2.31. The molecule has 1 atom stereocenters. The minimum absolute atomic E-state index is 0.197. The first-order valence-corrected chi connectivity index (χ1v) is 13.0. The van der Waals surface area contributed by atoms with Gasteiger partial charge in [-0.1, -0.05) is 13.3 Å². The number of nitrogens with one attached hydrogen (secondary N) is 2. The van der Waals surface area contributed by atoms with Crippen molar-refractivity contribution in [2.24, 2.45) is 5.92 Å². The quantitative estimate of drug-likeness (QED) is 0.392. The second kappa shape index (κ2) is 10.5. The van der Waals surface area contributed by atoms with E-state index in [1.54, 1.807) is 11.3 Å². The van der Waals surface area contributed by atoms with Crippen LogP contribution in [-0.4, -0.2) is 56.4 Å². The number of aliphatic hydroxyl groups is 1. The zero-order valence-electron chi connectivity index (χ0n) is 20.8. The minimum Gasteiger partial charge on any atom is -0.390 e. The second-order valence-corrected chi connectivity index (χ2v) is 10.7. The van der Waals surface area contributed by atoms with E-state index in [0.29, 0.717) is 18.5 Å². The lowest BCUT2D eigenvalue weighted by molar-refractivity contribution is 0.0130. The van der Waals surface area contributed by atoms with Crippen LogP contribution in [0.3, 0.4) is 0 Å². The number of aryl methyl sites for hydroxylation is 2. The van der Waals surface area contributed by atoms with Gasteiger partial charge in [-0.05, 0) is 58.9 Å². The van der Waals surface area contributed by atoms with Crippen LogP contribution in [0.2, 0.25) is 0 Å². The van der Waals surface area contributed by atoms with Crippen LogP contribution in [0.5, 0.6) is 0 Å². The van der Waals surface area contributed by atoms with Crippen molar-refractivity contribution in [3.63, 3.8) is 0 Å². The molecule has 9 heteroatoms. The van der Waals surface area contributed by atoms with Gasteiger partial charge in [-0.25, -0.2) is 9.97 Å². The van der Waals surface area contributed by atoms with E-state index in [2.05, 4.69) is 22.5 Å². The Morgan fingerprint density at radius 1 is 1.18 bits per heavy atom. The number of aromatic nitrogens is 4. The molecule has 1 unspecified atom stereocenters. The number of thiazole rings is 1. The van der Waals surface area contributed by atoms with Crippen molar-refractivity contribution in [1.29, 1.82) is 0 Å². The minimum atomic E-state index is -0.714. The smallest absolute Gasteiger partial charge is 0.225 e. The molecule has 3 N–H and O–H groups in total. The normalized spacial score (nSPS) is 16.1. The van der Waals surface area contributed by atoms with E-state index in [9.17, 15) is 5.11 Å². The summed E-state index contributed by atoms with van der Waals surface area (Å²) < 4.78 is 6.59. The monoisotopic (exact) mass is 484 g/mol. The van der Waals surface area contributed by atoms with Crippen LogP contribution in [0.25, 0.3) is 20.8 Å². The number of anilines is 2. The molecule has 0 saturated carbocycles. The molecule has 3 aromatic heterocycles. The van der Waals surface area contributed by atoms with Crippen molar-refractivity contribution in [2.75, 3.05) is 30.4 Å². The van der Waals surface area contributed by atoms with Gasteiger partial charge in [0, 0.05) is 32.0 Å². The highest BCUT2D eigenvalue weighted by Crippen LogP contribution is 2.37. The molecule has 8 nitrogen and oxygen atoms in total. The SMILES string of the molecule is CCC(CCNc1nc(NC2CCOCC2)nc(C)c1-c1nc2c(C)nccc2s1)C(C)(C)O. The average Bonchev–Trinajstić information content (AvgIpc) is 3.21. The van der Waals surface area contributed by atoms with Crippen LogP contribution in [-0.2, 0) is 4.74 Å². The zero-order chi connectivity index (χ0) is 24.3. The Hall–Kier alpha value is -2.36. The molecule has 1 fully saturated rings. The van der Waals surface area contributed by atoms with Gasteiger partial charge in [0.2, 0.25) is 5.95 Å². The van der Waals surface area contributed by atoms with Crippen LogP contribution >= 0.6 is 11.3 Å². The maximum atomic E-state index is 10.5. The van der Waals surface area contributed by atoms with Gasteiger partial charge in [-0.2, -0.15) is 4.98 Å². The molecule has 0 amide bonds. The summed E-state index contributed by atoms with van der Waals surface area (Å²) in [5.41, 5.74) is 2.93. The first-order chi connectivity index (χ1) is 16.3. The molecule has 34 heavy (non-hydrogen) atoms. The summed E-state index contributed by atoms with van der Waals surface area (Å²) in [4.78, 5) is 19.0. The van der Waals surface area contributed by atoms with Gasteiger partial charge in [-0.15, -0.1) is 11.3 Å². The summed E-state index contributed by atoms with van der Waals surface area (Å²) in [7, 11) is 0. The van der Waals surface area contributed by atoms with Crippen molar-refractivity contribution < 1.29 is 9.84 Å². The third-order valence-corrected chi connectivity index (χ3v) is 7.66. The molecule has 4 rings (SSSR count). The number of nitrogens with zero attached hydrogens (tertiary/aromatic N) is 4. The number of rotatable bonds is 9. The fourth-order valence-corrected chi connectivity index (χ4v) is 5.67. The Kier molecular flexibility index (Phi) is 7.64. The highest BCUT2D eigenvalue weighted by atomic mass is 32.1. The maximum Gasteiger partial charge on any atom is 0.225 e. The first-order valence-electron chi connectivity index (χ1n) is 12.2. The second-order valence-electron chi connectivity index (χ2n) is 9.62. The Bertz CT molecular complexity index is 1120.